The Labute approximate surface area is 172 Å². The van der Waals surface area contributed by atoms with Gasteiger partial charge in [0.25, 0.3) is 0 Å². The van der Waals surface area contributed by atoms with Crippen molar-refractivity contribution in [3.63, 3.8) is 0 Å². The zero-order chi connectivity index (χ0) is 20.4. The number of rotatable bonds is 4. The predicted molar refractivity (Wildman–Crippen MR) is 111 cm³/mol. The summed E-state index contributed by atoms with van der Waals surface area (Å²) in [5, 5.41) is 0. The van der Waals surface area contributed by atoms with Gasteiger partial charge >= 0.3 is 0 Å². The maximum atomic E-state index is 13.7. The largest absolute Gasteiger partial charge is 0.352 e. The highest BCUT2D eigenvalue weighted by molar-refractivity contribution is 5.76. The molecular formula is C23H29FN4O. The molecule has 2 aliphatic rings. The molecule has 0 spiro atoms. The predicted octanol–water partition coefficient (Wildman–Crippen LogP) is 4.34. The highest BCUT2D eigenvalue weighted by atomic mass is 19.1. The van der Waals surface area contributed by atoms with Crippen molar-refractivity contribution in [3.8, 4) is 0 Å². The van der Waals surface area contributed by atoms with Gasteiger partial charge in [0.15, 0.2) is 5.82 Å². The van der Waals surface area contributed by atoms with Gasteiger partial charge in [0.2, 0.25) is 5.91 Å². The number of fused-ring (bicyclic) bond motifs is 1. The van der Waals surface area contributed by atoms with Gasteiger partial charge in [-0.1, -0.05) is 19.1 Å². The van der Waals surface area contributed by atoms with Crippen LogP contribution in [0.5, 0.6) is 0 Å². The Balaban J connectivity index is 1.68. The third-order valence-corrected chi connectivity index (χ3v) is 6.05. The van der Waals surface area contributed by atoms with E-state index < -0.39 is 0 Å². The summed E-state index contributed by atoms with van der Waals surface area (Å²) in [4.78, 5) is 26.5. The van der Waals surface area contributed by atoms with Crippen LogP contribution < -0.4 is 4.90 Å². The maximum Gasteiger partial charge on any atom is 0.222 e. The topological polar surface area (TPSA) is 49.3 Å². The first-order valence-electron chi connectivity index (χ1n) is 10.7. The number of benzene rings is 1. The van der Waals surface area contributed by atoms with Gasteiger partial charge in [0, 0.05) is 37.3 Å². The summed E-state index contributed by atoms with van der Waals surface area (Å²) < 4.78 is 13.7. The number of nitrogens with zero attached hydrogens (tertiary/aromatic N) is 4. The van der Waals surface area contributed by atoms with Crippen molar-refractivity contribution >= 4 is 11.7 Å². The molecule has 0 radical (unpaired) electrons. The minimum absolute atomic E-state index is 0.0434. The molecule has 1 aromatic carbocycles. The Morgan fingerprint density at radius 3 is 2.86 bits per heavy atom. The first-order chi connectivity index (χ1) is 14.1. The fourth-order valence-corrected chi connectivity index (χ4v) is 4.57. The number of likely N-dealkylation sites (tertiary alicyclic amines) is 1. The Bertz CT molecular complexity index is 900. The van der Waals surface area contributed by atoms with Crippen LogP contribution in [0.3, 0.4) is 0 Å². The van der Waals surface area contributed by atoms with Crippen LogP contribution >= 0.6 is 0 Å². The van der Waals surface area contributed by atoms with Crippen molar-refractivity contribution in [2.24, 2.45) is 0 Å². The minimum atomic E-state index is -0.213. The van der Waals surface area contributed by atoms with E-state index in [1.165, 1.54) is 11.6 Å². The Morgan fingerprint density at radius 1 is 1.21 bits per heavy atom. The number of halogens is 1. The van der Waals surface area contributed by atoms with E-state index in [2.05, 4.69) is 4.90 Å². The fourth-order valence-electron chi connectivity index (χ4n) is 4.57. The second kappa shape index (κ2) is 8.47. The van der Waals surface area contributed by atoms with Crippen LogP contribution in [0.2, 0.25) is 0 Å². The van der Waals surface area contributed by atoms with Crippen LogP contribution in [0, 0.1) is 12.7 Å². The van der Waals surface area contributed by atoms with E-state index in [1.807, 2.05) is 24.8 Å². The molecule has 2 aromatic rings. The van der Waals surface area contributed by atoms with Gasteiger partial charge in [-0.2, -0.15) is 0 Å². The van der Waals surface area contributed by atoms with Crippen molar-refractivity contribution < 1.29 is 9.18 Å². The summed E-state index contributed by atoms with van der Waals surface area (Å²) in [6.45, 7) is 6.26. The molecule has 154 valence electrons. The first-order valence-corrected chi connectivity index (χ1v) is 10.7. The third-order valence-electron chi connectivity index (χ3n) is 6.05. The van der Waals surface area contributed by atoms with Crippen molar-refractivity contribution in [3.05, 3.63) is 52.7 Å². The van der Waals surface area contributed by atoms with Gasteiger partial charge in [-0.15, -0.1) is 0 Å². The van der Waals surface area contributed by atoms with Crippen molar-refractivity contribution in [1.82, 2.24) is 14.9 Å². The summed E-state index contributed by atoms with van der Waals surface area (Å²) in [6, 6.07) is 6.72. The third kappa shape index (κ3) is 4.11. The van der Waals surface area contributed by atoms with Crippen molar-refractivity contribution in [2.75, 3.05) is 18.0 Å². The summed E-state index contributed by atoms with van der Waals surface area (Å²) >= 11 is 0. The van der Waals surface area contributed by atoms with Crippen LogP contribution in [0.25, 0.3) is 0 Å². The van der Waals surface area contributed by atoms with Gasteiger partial charge in [-0.3, -0.25) is 4.79 Å². The first kappa shape index (κ1) is 19.8. The number of hydrogen-bond acceptors (Lipinski definition) is 4. The lowest BCUT2D eigenvalue weighted by atomic mass is 9.99. The Kier molecular flexibility index (Phi) is 5.79. The van der Waals surface area contributed by atoms with Gasteiger partial charge in [0.05, 0.1) is 6.04 Å². The van der Waals surface area contributed by atoms with E-state index in [1.54, 1.807) is 12.1 Å². The normalized spacial score (nSPS) is 19.2. The number of hydrogen-bond donors (Lipinski definition) is 0. The molecular weight excluding hydrogens is 367 g/mol. The molecule has 1 atom stereocenters. The number of carbonyl (C=O) groups is 1. The monoisotopic (exact) mass is 396 g/mol. The van der Waals surface area contributed by atoms with Crippen LogP contribution in [0.15, 0.2) is 24.3 Å². The lowest BCUT2D eigenvalue weighted by molar-refractivity contribution is -0.134. The standard InChI is InChI=1S/C23H29FN4O/c1-3-21(29)28-13-5-4-11-20(28)22-25-16(2)19-10-7-12-27(23(19)26-22)15-17-8-6-9-18(24)14-17/h6,8-9,14,20H,3-5,7,10-13,15H2,1-2H3/t20-/m0/s1. The van der Waals surface area contributed by atoms with E-state index in [0.717, 1.165) is 68.1 Å². The second-order valence-electron chi connectivity index (χ2n) is 8.08. The van der Waals surface area contributed by atoms with Gasteiger partial charge in [-0.05, 0) is 56.7 Å². The number of anilines is 1. The Hall–Kier alpha value is -2.50. The molecule has 5 nitrogen and oxygen atoms in total. The van der Waals surface area contributed by atoms with Crippen LogP contribution in [0.1, 0.15) is 67.7 Å². The summed E-state index contributed by atoms with van der Waals surface area (Å²) in [7, 11) is 0. The molecule has 4 rings (SSSR count). The molecule has 6 heteroatoms. The average molecular weight is 397 g/mol. The van der Waals surface area contributed by atoms with E-state index in [-0.39, 0.29) is 17.8 Å². The van der Waals surface area contributed by atoms with Gasteiger partial charge in [-0.25, -0.2) is 14.4 Å². The molecule has 1 amide bonds. The van der Waals surface area contributed by atoms with Crippen LogP contribution in [-0.4, -0.2) is 33.9 Å². The number of aryl methyl sites for hydroxylation is 1. The SMILES string of the molecule is CCC(=O)N1CCCC[C@H]1c1nc(C)c2c(n1)N(Cc1cccc(F)c1)CCC2. The molecule has 1 aromatic heterocycles. The summed E-state index contributed by atoms with van der Waals surface area (Å²) in [6.07, 6.45) is 5.54. The lowest BCUT2D eigenvalue weighted by Crippen LogP contribution is -2.39. The smallest absolute Gasteiger partial charge is 0.222 e. The number of amides is 1. The molecule has 1 saturated heterocycles. The molecule has 2 aliphatic heterocycles. The molecule has 0 aliphatic carbocycles. The zero-order valence-corrected chi connectivity index (χ0v) is 17.3. The molecule has 3 heterocycles. The lowest BCUT2D eigenvalue weighted by Gasteiger charge is -2.36. The molecule has 0 bridgehead atoms. The number of piperidine rings is 1. The minimum Gasteiger partial charge on any atom is -0.352 e. The molecule has 1 fully saturated rings. The fraction of sp³-hybridized carbons (Fsp3) is 0.522. The zero-order valence-electron chi connectivity index (χ0n) is 17.3. The van der Waals surface area contributed by atoms with Crippen LogP contribution in [-0.2, 0) is 17.8 Å². The summed E-state index contributed by atoms with van der Waals surface area (Å²) in [5.41, 5.74) is 3.13. The van der Waals surface area contributed by atoms with Crippen molar-refractivity contribution in [2.45, 2.75) is 65.0 Å². The quantitative estimate of drug-likeness (QED) is 0.771. The molecule has 0 saturated carbocycles. The highest BCUT2D eigenvalue weighted by Crippen LogP contribution is 2.34. The molecule has 0 unspecified atom stereocenters. The average Bonchev–Trinajstić information content (AvgIpc) is 2.73. The molecule has 0 N–H and O–H groups in total. The highest BCUT2D eigenvalue weighted by Gasteiger charge is 2.31. The van der Waals surface area contributed by atoms with Crippen molar-refractivity contribution in [1.29, 1.82) is 0 Å². The van der Waals surface area contributed by atoms with E-state index in [9.17, 15) is 9.18 Å². The maximum absolute atomic E-state index is 13.7. The van der Waals surface area contributed by atoms with E-state index >= 15 is 0 Å². The van der Waals surface area contributed by atoms with E-state index in [0.29, 0.717) is 13.0 Å². The van der Waals surface area contributed by atoms with Gasteiger partial charge in [0.1, 0.15) is 11.6 Å². The second-order valence-corrected chi connectivity index (χ2v) is 8.08. The van der Waals surface area contributed by atoms with Gasteiger partial charge < -0.3 is 9.80 Å². The molecule has 29 heavy (non-hydrogen) atoms. The van der Waals surface area contributed by atoms with E-state index in [4.69, 9.17) is 9.97 Å². The number of carbonyl (C=O) groups excluding carboxylic acids is 1. The summed E-state index contributed by atoms with van der Waals surface area (Å²) in [5.74, 6) is 1.67. The van der Waals surface area contributed by atoms with Crippen LogP contribution in [0.4, 0.5) is 10.2 Å². The Morgan fingerprint density at radius 2 is 2.07 bits per heavy atom. The number of aromatic nitrogens is 2.